The number of hydrogen-bond donors (Lipinski definition) is 2. The molecule has 0 saturated carbocycles. The minimum absolute atomic E-state index is 0. The van der Waals surface area contributed by atoms with Gasteiger partial charge in [0.2, 0.25) is 0 Å². The van der Waals surface area contributed by atoms with Gasteiger partial charge < -0.3 is 20.1 Å². The lowest BCUT2D eigenvalue weighted by Gasteiger charge is -2.17. The van der Waals surface area contributed by atoms with Crippen molar-refractivity contribution in [2.75, 3.05) is 27.4 Å². The van der Waals surface area contributed by atoms with Crippen LogP contribution in [0.3, 0.4) is 0 Å². The van der Waals surface area contributed by atoms with Crippen LogP contribution in [-0.4, -0.2) is 39.4 Å². The molecule has 1 atom stereocenters. The maximum atomic E-state index is 5.73. The lowest BCUT2D eigenvalue weighted by atomic mass is 10.2. The number of nitrogens with zero attached hydrogens (tertiary/aromatic N) is 1. The summed E-state index contributed by atoms with van der Waals surface area (Å²) in [6, 6.07) is 8.36. The molecule has 0 aliphatic rings. The van der Waals surface area contributed by atoms with Crippen molar-refractivity contribution >= 4 is 29.9 Å². The maximum Gasteiger partial charge on any atom is 0.191 e. The number of unbranched alkanes of at least 4 members (excludes halogenated alkanes) is 1. The monoisotopic (exact) mass is 435 g/mol. The topological polar surface area (TPSA) is 54.9 Å². The molecule has 1 rings (SSSR count). The number of methoxy groups -OCH3 is 1. The molecule has 0 aliphatic carbocycles. The van der Waals surface area contributed by atoms with E-state index in [2.05, 4.69) is 41.6 Å². The molecule has 2 N–H and O–H groups in total. The molecule has 132 valence electrons. The van der Waals surface area contributed by atoms with Gasteiger partial charge in [0, 0.05) is 26.7 Å². The first-order valence-corrected chi connectivity index (χ1v) is 7.87. The number of nitrogens with one attached hydrogen (secondary N) is 2. The highest BCUT2D eigenvalue weighted by Gasteiger charge is 2.04. The fourth-order valence-corrected chi connectivity index (χ4v) is 1.99. The predicted octanol–water partition coefficient (Wildman–Crippen LogP) is 3.18. The Morgan fingerprint density at radius 1 is 1.35 bits per heavy atom. The Kier molecular flexibility index (Phi) is 12.8. The van der Waals surface area contributed by atoms with Crippen molar-refractivity contribution < 1.29 is 9.47 Å². The fourth-order valence-electron chi connectivity index (χ4n) is 1.99. The van der Waals surface area contributed by atoms with Crippen LogP contribution < -0.4 is 15.4 Å². The molecule has 1 aromatic carbocycles. The molecule has 0 aliphatic heterocycles. The van der Waals surface area contributed by atoms with Gasteiger partial charge in [-0.1, -0.05) is 25.5 Å². The van der Waals surface area contributed by atoms with Gasteiger partial charge in [-0.25, -0.2) is 0 Å². The first-order valence-electron chi connectivity index (χ1n) is 7.87. The van der Waals surface area contributed by atoms with Crippen LogP contribution in [0.15, 0.2) is 29.3 Å². The Bertz CT molecular complexity index is 455. The molecule has 0 radical (unpaired) electrons. The van der Waals surface area contributed by atoms with Crippen molar-refractivity contribution in [3.8, 4) is 5.75 Å². The highest BCUT2D eigenvalue weighted by Crippen LogP contribution is 2.13. The summed E-state index contributed by atoms with van der Waals surface area (Å²) in [7, 11) is 3.46. The highest BCUT2D eigenvalue weighted by atomic mass is 127. The van der Waals surface area contributed by atoms with Crippen molar-refractivity contribution in [3.05, 3.63) is 29.8 Å². The van der Waals surface area contributed by atoms with Crippen LogP contribution in [0.4, 0.5) is 0 Å². The highest BCUT2D eigenvalue weighted by molar-refractivity contribution is 14.0. The Morgan fingerprint density at radius 3 is 2.78 bits per heavy atom. The van der Waals surface area contributed by atoms with E-state index in [0.29, 0.717) is 13.2 Å². The summed E-state index contributed by atoms with van der Waals surface area (Å²) >= 11 is 0. The summed E-state index contributed by atoms with van der Waals surface area (Å²) in [6.45, 7) is 6.32. The molecule has 0 amide bonds. The molecule has 0 fully saturated rings. The lowest BCUT2D eigenvalue weighted by Crippen LogP contribution is -2.43. The van der Waals surface area contributed by atoms with Gasteiger partial charge in [0.25, 0.3) is 0 Å². The van der Waals surface area contributed by atoms with Crippen molar-refractivity contribution in [2.24, 2.45) is 4.99 Å². The summed E-state index contributed by atoms with van der Waals surface area (Å²) in [5.74, 6) is 1.69. The van der Waals surface area contributed by atoms with Gasteiger partial charge in [-0.2, -0.15) is 0 Å². The molecule has 1 aromatic rings. The Balaban J connectivity index is 0.00000484. The van der Waals surface area contributed by atoms with Gasteiger partial charge >= 0.3 is 0 Å². The third-order valence-electron chi connectivity index (χ3n) is 3.15. The first-order chi connectivity index (χ1) is 10.7. The zero-order chi connectivity index (χ0) is 16.2. The van der Waals surface area contributed by atoms with E-state index in [-0.39, 0.29) is 30.0 Å². The van der Waals surface area contributed by atoms with E-state index in [1.807, 2.05) is 12.1 Å². The zero-order valence-corrected chi connectivity index (χ0v) is 16.9. The van der Waals surface area contributed by atoms with Crippen LogP contribution in [0, 0.1) is 0 Å². The number of benzene rings is 1. The molecule has 0 saturated heterocycles. The first kappa shape index (κ1) is 22.0. The van der Waals surface area contributed by atoms with Gasteiger partial charge in [-0.15, -0.1) is 24.0 Å². The number of aliphatic imine (C=N–C) groups is 1. The quantitative estimate of drug-likeness (QED) is 0.271. The minimum Gasteiger partial charge on any atom is -0.494 e. The molecular formula is C17H30IN3O2. The summed E-state index contributed by atoms with van der Waals surface area (Å²) in [4.78, 5) is 4.22. The second-order valence-corrected chi connectivity index (χ2v) is 5.28. The summed E-state index contributed by atoms with van der Waals surface area (Å²) < 4.78 is 10.8. The van der Waals surface area contributed by atoms with Gasteiger partial charge in [0.15, 0.2) is 5.96 Å². The van der Waals surface area contributed by atoms with Crippen LogP contribution in [-0.2, 0) is 11.3 Å². The second-order valence-electron chi connectivity index (χ2n) is 5.28. The molecule has 23 heavy (non-hydrogen) atoms. The molecule has 6 heteroatoms. The van der Waals surface area contributed by atoms with Gasteiger partial charge in [-0.05, 0) is 31.0 Å². The van der Waals surface area contributed by atoms with Crippen molar-refractivity contribution in [2.45, 2.75) is 39.3 Å². The third kappa shape index (κ3) is 9.65. The van der Waals surface area contributed by atoms with E-state index in [1.54, 1.807) is 14.2 Å². The average Bonchev–Trinajstić information content (AvgIpc) is 2.52. The molecule has 0 aromatic heterocycles. The fraction of sp³-hybridized carbons (Fsp3) is 0.588. The summed E-state index contributed by atoms with van der Waals surface area (Å²) in [6.07, 6.45) is 2.22. The second kappa shape index (κ2) is 13.4. The average molecular weight is 435 g/mol. The van der Waals surface area contributed by atoms with E-state index in [0.717, 1.165) is 36.7 Å². The van der Waals surface area contributed by atoms with E-state index in [9.17, 15) is 0 Å². The smallest absolute Gasteiger partial charge is 0.191 e. The summed E-state index contributed by atoms with van der Waals surface area (Å²) in [5, 5.41) is 6.57. The predicted molar refractivity (Wildman–Crippen MR) is 107 cm³/mol. The Labute approximate surface area is 157 Å². The number of ether oxygens (including phenoxy) is 2. The molecule has 0 spiro atoms. The standard InChI is InChI=1S/C17H29N3O2.HI/c1-5-6-10-22-16-9-7-8-15(11-16)12-19-17(18-3)20-14(2)13-21-4;/h7-9,11,14H,5-6,10,12-13H2,1-4H3,(H2,18,19,20);1H. The number of rotatable bonds is 9. The van der Waals surface area contributed by atoms with Crippen LogP contribution >= 0.6 is 24.0 Å². The van der Waals surface area contributed by atoms with Crippen molar-refractivity contribution in [1.29, 1.82) is 0 Å². The minimum atomic E-state index is 0. The maximum absolute atomic E-state index is 5.73. The van der Waals surface area contributed by atoms with Crippen LogP contribution in [0.2, 0.25) is 0 Å². The third-order valence-corrected chi connectivity index (χ3v) is 3.15. The van der Waals surface area contributed by atoms with E-state index in [4.69, 9.17) is 9.47 Å². The summed E-state index contributed by atoms with van der Waals surface area (Å²) in [5.41, 5.74) is 1.16. The normalized spacial score (nSPS) is 12.3. The Morgan fingerprint density at radius 2 is 2.13 bits per heavy atom. The van der Waals surface area contributed by atoms with Crippen molar-refractivity contribution in [1.82, 2.24) is 10.6 Å². The van der Waals surface area contributed by atoms with E-state index >= 15 is 0 Å². The van der Waals surface area contributed by atoms with Gasteiger partial charge in [0.1, 0.15) is 5.75 Å². The molecule has 0 bridgehead atoms. The van der Waals surface area contributed by atoms with Crippen LogP contribution in [0.5, 0.6) is 5.75 Å². The SMILES string of the molecule is CCCCOc1cccc(CNC(=NC)NC(C)COC)c1.I. The Hall–Kier alpha value is -1.02. The largest absolute Gasteiger partial charge is 0.494 e. The van der Waals surface area contributed by atoms with Crippen molar-refractivity contribution in [3.63, 3.8) is 0 Å². The lowest BCUT2D eigenvalue weighted by molar-refractivity contribution is 0.179. The molecular weight excluding hydrogens is 405 g/mol. The van der Waals surface area contributed by atoms with Crippen LogP contribution in [0.25, 0.3) is 0 Å². The molecule has 0 heterocycles. The van der Waals surface area contributed by atoms with Crippen LogP contribution in [0.1, 0.15) is 32.3 Å². The van der Waals surface area contributed by atoms with Gasteiger partial charge in [0.05, 0.1) is 13.2 Å². The number of hydrogen-bond acceptors (Lipinski definition) is 3. The zero-order valence-electron chi connectivity index (χ0n) is 14.6. The number of guanidine groups is 1. The van der Waals surface area contributed by atoms with Gasteiger partial charge in [-0.3, -0.25) is 4.99 Å². The molecule has 1 unspecified atom stereocenters. The van der Waals surface area contributed by atoms with E-state index in [1.165, 1.54) is 0 Å². The molecule has 5 nitrogen and oxygen atoms in total. The number of halogens is 1. The van der Waals surface area contributed by atoms with E-state index < -0.39 is 0 Å².